The van der Waals surface area contributed by atoms with Crippen molar-refractivity contribution in [3.63, 3.8) is 0 Å². The van der Waals surface area contributed by atoms with Crippen molar-refractivity contribution >= 4 is 27.5 Å². The fourth-order valence-electron chi connectivity index (χ4n) is 4.19. The van der Waals surface area contributed by atoms with Crippen LogP contribution in [0.5, 0.6) is 17.2 Å². The summed E-state index contributed by atoms with van der Waals surface area (Å²) in [5, 5.41) is 2.88. The maximum atomic E-state index is 14.0. The lowest BCUT2D eigenvalue weighted by Gasteiger charge is -2.32. The summed E-state index contributed by atoms with van der Waals surface area (Å²) in [4.78, 5) is 28.4. The van der Waals surface area contributed by atoms with Gasteiger partial charge in [-0.05, 0) is 54.8 Å². The normalized spacial score (nSPS) is 11.9. The van der Waals surface area contributed by atoms with Crippen LogP contribution in [0.4, 0.5) is 5.69 Å². The number of anilines is 1. The van der Waals surface area contributed by atoms with E-state index in [1.165, 1.54) is 37.3 Å². The highest BCUT2D eigenvalue weighted by Crippen LogP contribution is 2.32. The average Bonchev–Trinajstić information content (AvgIpc) is 3.00. The van der Waals surface area contributed by atoms with Gasteiger partial charge < -0.3 is 24.4 Å². The van der Waals surface area contributed by atoms with Crippen molar-refractivity contribution in [2.24, 2.45) is 5.92 Å². The number of nitrogens with zero attached hydrogens (tertiary/aromatic N) is 2. The molecule has 3 aromatic carbocycles. The number of hydrogen-bond acceptors (Lipinski definition) is 7. The lowest BCUT2D eigenvalue weighted by Crippen LogP contribution is -2.51. The molecule has 0 spiro atoms. The number of carbonyl (C=O) groups excluding carboxylic acids is 2. The minimum atomic E-state index is -4.26. The highest BCUT2D eigenvalue weighted by Gasteiger charge is 2.33. The Kier molecular flexibility index (Phi) is 11.2. The van der Waals surface area contributed by atoms with Gasteiger partial charge in [-0.1, -0.05) is 44.2 Å². The Labute approximate surface area is 248 Å². The monoisotopic (exact) mass is 597 g/mol. The van der Waals surface area contributed by atoms with Crippen molar-refractivity contribution in [2.75, 3.05) is 38.7 Å². The van der Waals surface area contributed by atoms with Gasteiger partial charge in [-0.3, -0.25) is 13.9 Å². The first kappa shape index (κ1) is 32.3. The third-order valence-corrected chi connectivity index (χ3v) is 8.40. The molecule has 0 bridgehead atoms. The zero-order valence-electron chi connectivity index (χ0n) is 24.9. The Balaban J connectivity index is 2.02. The molecule has 1 N–H and O–H groups in total. The number of nitrogens with one attached hydrogen (secondary N) is 1. The number of para-hydroxylation sites is 1. The first-order valence-corrected chi connectivity index (χ1v) is 15.0. The number of amides is 2. The molecule has 0 unspecified atom stereocenters. The van der Waals surface area contributed by atoms with Crippen LogP contribution >= 0.6 is 0 Å². The van der Waals surface area contributed by atoms with Crippen molar-refractivity contribution < 1.29 is 32.2 Å². The smallest absolute Gasteiger partial charge is 0.264 e. The van der Waals surface area contributed by atoms with Gasteiger partial charge in [0.05, 0.1) is 31.9 Å². The van der Waals surface area contributed by atoms with Crippen molar-refractivity contribution in [1.29, 1.82) is 0 Å². The number of hydrogen-bond donors (Lipinski definition) is 1. The Morgan fingerprint density at radius 2 is 1.48 bits per heavy atom. The van der Waals surface area contributed by atoms with Gasteiger partial charge in [-0.25, -0.2) is 8.42 Å². The van der Waals surface area contributed by atoms with Gasteiger partial charge in [0.2, 0.25) is 11.8 Å². The third-order valence-electron chi connectivity index (χ3n) is 6.63. The van der Waals surface area contributed by atoms with Crippen LogP contribution in [0.15, 0.2) is 77.7 Å². The van der Waals surface area contributed by atoms with Gasteiger partial charge in [-0.15, -0.1) is 0 Å². The number of ether oxygens (including phenoxy) is 3. The highest BCUT2D eigenvalue weighted by atomic mass is 32.2. The second kappa shape index (κ2) is 14.6. The predicted molar refractivity (Wildman–Crippen MR) is 161 cm³/mol. The van der Waals surface area contributed by atoms with E-state index >= 15 is 0 Å². The van der Waals surface area contributed by atoms with Crippen molar-refractivity contribution in [3.8, 4) is 17.2 Å². The van der Waals surface area contributed by atoms with Crippen LogP contribution < -0.4 is 23.8 Å². The molecule has 0 radical (unpaired) electrons. The molecule has 0 saturated carbocycles. The molecule has 0 aliphatic heterocycles. The van der Waals surface area contributed by atoms with Crippen LogP contribution in [0.25, 0.3) is 0 Å². The standard InChI is InChI=1S/C31H39N3O7S/c1-22(2)19-32-31(36)23(3)33(20-24-12-14-26(39-4)15-13-24)30(35)21-34(25-10-8-7-9-11-25)42(37,38)27-16-17-28(40-5)29(18-27)41-6/h7-18,22-23H,19-21H2,1-6H3,(H,32,36)/t23-/m1/s1. The molecule has 10 nitrogen and oxygen atoms in total. The molecule has 1 atom stereocenters. The fourth-order valence-corrected chi connectivity index (χ4v) is 5.62. The Bertz CT molecular complexity index is 1450. The minimum Gasteiger partial charge on any atom is -0.497 e. The predicted octanol–water partition coefficient (Wildman–Crippen LogP) is 4.10. The van der Waals surface area contributed by atoms with E-state index in [0.29, 0.717) is 23.7 Å². The number of sulfonamides is 1. The van der Waals surface area contributed by atoms with E-state index in [9.17, 15) is 18.0 Å². The lowest BCUT2D eigenvalue weighted by atomic mass is 10.1. The van der Waals surface area contributed by atoms with E-state index in [-0.39, 0.29) is 29.0 Å². The Morgan fingerprint density at radius 1 is 0.833 bits per heavy atom. The van der Waals surface area contributed by atoms with Crippen LogP contribution in [-0.2, 0) is 26.2 Å². The average molecular weight is 598 g/mol. The van der Waals surface area contributed by atoms with Gasteiger partial charge in [-0.2, -0.15) is 0 Å². The lowest BCUT2D eigenvalue weighted by molar-refractivity contribution is -0.139. The zero-order chi connectivity index (χ0) is 30.9. The molecule has 226 valence electrons. The summed E-state index contributed by atoms with van der Waals surface area (Å²) in [6, 6.07) is 18.8. The molecule has 3 rings (SSSR count). The summed E-state index contributed by atoms with van der Waals surface area (Å²) in [5.41, 5.74) is 1.05. The van der Waals surface area contributed by atoms with E-state index in [2.05, 4.69) is 5.32 Å². The van der Waals surface area contributed by atoms with E-state index in [4.69, 9.17) is 14.2 Å². The first-order valence-electron chi connectivity index (χ1n) is 13.5. The summed E-state index contributed by atoms with van der Waals surface area (Å²) in [7, 11) is 0.170. The molecule has 0 aromatic heterocycles. The van der Waals surface area contributed by atoms with E-state index < -0.39 is 28.5 Å². The van der Waals surface area contributed by atoms with Gasteiger partial charge in [0.25, 0.3) is 10.0 Å². The molecular formula is C31H39N3O7S. The Hall–Kier alpha value is -4.25. The second-order valence-corrected chi connectivity index (χ2v) is 11.9. The van der Waals surface area contributed by atoms with Crippen LogP contribution in [0, 0.1) is 5.92 Å². The SMILES string of the molecule is COc1ccc(CN(C(=O)CN(c2ccccc2)S(=O)(=O)c2ccc(OC)c(OC)c2)[C@H](C)C(=O)NCC(C)C)cc1. The molecular weight excluding hydrogens is 558 g/mol. The van der Waals surface area contributed by atoms with Crippen molar-refractivity contribution in [3.05, 3.63) is 78.4 Å². The Morgan fingerprint density at radius 3 is 2.05 bits per heavy atom. The van der Waals surface area contributed by atoms with E-state index in [1.807, 2.05) is 13.8 Å². The third kappa shape index (κ3) is 7.94. The number of benzene rings is 3. The van der Waals surface area contributed by atoms with Gasteiger partial charge >= 0.3 is 0 Å². The largest absolute Gasteiger partial charge is 0.497 e. The molecule has 3 aromatic rings. The maximum Gasteiger partial charge on any atom is 0.264 e. The van der Waals surface area contributed by atoms with Gasteiger partial charge in [0.1, 0.15) is 18.3 Å². The van der Waals surface area contributed by atoms with Crippen LogP contribution in [0.3, 0.4) is 0 Å². The number of carbonyl (C=O) groups is 2. The van der Waals surface area contributed by atoms with Crippen LogP contribution in [0.2, 0.25) is 0 Å². The van der Waals surface area contributed by atoms with E-state index in [1.54, 1.807) is 68.6 Å². The van der Waals surface area contributed by atoms with Crippen molar-refractivity contribution in [2.45, 2.75) is 38.3 Å². The molecule has 0 saturated heterocycles. The second-order valence-electron chi connectivity index (χ2n) is 10.0. The van der Waals surface area contributed by atoms with Gasteiger partial charge in [0, 0.05) is 19.2 Å². The summed E-state index contributed by atoms with van der Waals surface area (Å²) in [6.45, 7) is 5.56. The van der Waals surface area contributed by atoms with Crippen LogP contribution in [0.1, 0.15) is 26.3 Å². The highest BCUT2D eigenvalue weighted by molar-refractivity contribution is 7.92. The quantitative estimate of drug-likeness (QED) is 0.298. The fraction of sp³-hybridized carbons (Fsp3) is 0.355. The molecule has 42 heavy (non-hydrogen) atoms. The molecule has 0 fully saturated rings. The van der Waals surface area contributed by atoms with Crippen molar-refractivity contribution in [1.82, 2.24) is 10.2 Å². The minimum absolute atomic E-state index is 0.0815. The summed E-state index contributed by atoms with van der Waals surface area (Å²) < 4.78 is 44.9. The molecule has 2 amide bonds. The summed E-state index contributed by atoms with van der Waals surface area (Å²) in [5.74, 6) is 0.577. The first-order chi connectivity index (χ1) is 20.0. The van der Waals surface area contributed by atoms with Gasteiger partial charge in [0.15, 0.2) is 11.5 Å². The molecule has 0 aliphatic rings. The topological polar surface area (TPSA) is 114 Å². The summed E-state index contributed by atoms with van der Waals surface area (Å²) in [6.07, 6.45) is 0. The van der Waals surface area contributed by atoms with Crippen LogP contribution in [-0.4, -0.2) is 65.6 Å². The van der Waals surface area contributed by atoms with E-state index in [0.717, 1.165) is 9.87 Å². The molecule has 0 aliphatic carbocycles. The zero-order valence-corrected chi connectivity index (χ0v) is 25.7. The maximum absolute atomic E-state index is 14.0. The number of methoxy groups -OCH3 is 3. The number of rotatable bonds is 14. The summed E-state index contributed by atoms with van der Waals surface area (Å²) >= 11 is 0. The molecule has 11 heteroatoms. The molecule has 0 heterocycles.